The predicted octanol–water partition coefficient (Wildman–Crippen LogP) is 3.41. The Balaban J connectivity index is 1.12. The van der Waals surface area contributed by atoms with Crippen molar-refractivity contribution in [2.75, 3.05) is 26.3 Å². The summed E-state index contributed by atoms with van der Waals surface area (Å²) in [7, 11) is 1.80. The summed E-state index contributed by atoms with van der Waals surface area (Å²) in [5, 5.41) is 7.45. The largest absolute Gasteiger partial charge is 0.480 e. The van der Waals surface area contributed by atoms with E-state index in [-0.39, 0.29) is 18.6 Å². The molecule has 1 aliphatic heterocycles. The van der Waals surface area contributed by atoms with Gasteiger partial charge in [-0.1, -0.05) is 11.3 Å². The molecular formula is C23H33F2N5O3S. The fraction of sp³-hybridized carbons (Fsp3) is 0.696. The van der Waals surface area contributed by atoms with Gasteiger partial charge in [-0.2, -0.15) is 5.10 Å². The minimum absolute atomic E-state index is 0.00676. The number of aryl methyl sites for hydroxylation is 1. The lowest BCUT2D eigenvalue weighted by Crippen LogP contribution is -2.40. The summed E-state index contributed by atoms with van der Waals surface area (Å²) in [6.07, 6.45) is 9.52. The number of ether oxygens (including phenoxy) is 2. The first kappa shape index (κ1) is 24.8. The molecule has 1 aliphatic carbocycles. The quantitative estimate of drug-likeness (QED) is 0.542. The van der Waals surface area contributed by atoms with Crippen LogP contribution in [0.1, 0.15) is 49.6 Å². The molecule has 0 atom stereocenters. The van der Waals surface area contributed by atoms with Crippen LogP contribution in [0.2, 0.25) is 0 Å². The van der Waals surface area contributed by atoms with Gasteiger partial charge < -0.3 is 14.8 Å². The second-order valence-electron chi connectivity index (χ2n) is 9.45. The van der Waals surface area contributed by atoms with Crippen LogP contribution in [0.4, 0.5) is 8.78 Å². The van der Waals surface area contributed by atoms with E-state index in [2.05, 4.69) is 20.3 Å². The van der Waals surface area contributed by atoms with Crippen LogP contribution in [0.15, 0.2) is 12.4 Å². The van der Waals surface area contributed by atoms with E-state index < -0.39 is 12.5 Å². The number of carbonyl (C=O) groups excluding carboxylic acids is 1. The standard InChI is InChI=1S/C23H33F2N5O3S/c1-23(24,25)15-33-22-28-19-13-30(10-8-20(19)34-22)9-7-16-3-5-17(6-4-16)27-21(31)14-32-18-11-26-29(2)12-18/h11-12,16-17H,3-10,13-15H2,1-2H3,(H,27,31)/t16-,17-. The maximum Gasteiger partial charge on any atom is 0.278 e. The third-order valence-electron chi connectivity index (χ3n) is 6.35. The third kappa shape index (κ3) is 7.36. The number of carbonyl (C=O) groups is 1. The van der Waals surface area contributed by atoms with E-state index >= 15 is 0 Å². The lowest BCUT2D eigenvalue weighted by Gasteiger charge is -2.31. The number of alkyl halides is 2. The third-order valence-corrected chi connectivity index (χ3v) is 7.42. The van der Waals surface area contributed by atoms with E-state index in [1.54, 1.807) is 24.1 Å². The van der Waals surface area contributed by atoms with Crippen molar-refractivity contribution in [3.63, 3.8) is 0 Å². The van der Waals surface area contributed by atoms with Crippen molar-refractivity contribution in [1.82, 2.24) is 25.0 Å². The Bertz CT molecular complexity index is 953. The van der Waals surface area contributed by atoms with Crippen molar-refractivity contribution in [3.8, 4) is 10.9 Å². The van der Waals surface area contributed by atoms with Crippen LogP contribution < -0.4 is 14.8 Å². The molecule has 3 heterocycles. The summed E-state index contributed by atoms with van der Waals surface area (Å²) in [5.41, 5.74) is 0.964. The van der Waals surface area contributed by atoms with Gasteiger partial charge in [0.25, 0.3) is 17.0 Å². The van der Waals surface area contributed by atoms with E-state index in [0.29, 0.717) is 16.9 Å². The van der Waals surface area contributed by atoms with Crippen LogP contribution in [0, 0.1) is 5.92 Å². The molecule has 1 saturated carbocycles. The first-order chi connectivity index (χ1) is 16.2. The second-order valence-corrected chi connectivity index (χ2v) is 10.5. The summed E-state index contributed by atoms with van der Waals surface area (Å²) in [6, 6.07) is 0.211. The highest BCUT2D eigenvalue weighted by Gasteiger charge is 2.27. The summed E-state index contributed by atoms with van der Waals surface area (Å²) in [6.45, 7) is 2.93. The van der Waals surface area contributed by atoms with Gasteiger partial charge >= 0.3 is 0 Å². The van der Waals surface area contributed by atoms with Gasteiger partial charge in [-0.15, -0.1) is 0 Å². The number of hydrogen-bond acceptors (Lipinski definition) is 7. The molecule has 0 radical (unpaired) electrons. The molecule has 8 nitrogen and oxygen atoms in total. The SMILES string of the molecule is Cn1cc(OCC(=O)N[C@H]2CC[C@H](CCN3CCc4sc(OCC(C)(F)F)nc4C3)CC2)cn1. The normalized spacial score (nSPS) is 21.2. The van der Waals surface area contributed by atoms with E-state index in [0.717, 1.165) is 75.7 Å². The van der Waals surface area contributed by atoms with Gasteiger partial charge in [0.05, 0.1) is 18.1 Å². The summed E-state index contributed by atoms with van der Waals surface area (Å²) < 4.78 is 38.4. The van der Waals surface area contributed by atoms with Gasteiger partial charge in [-0.25, -0.2) is 13.8 Å². The van der Waals surface area contributed by atoms with E-state index in [1.165, 1.54) is 11.3 Å². The van der Waals surface area contributed by atoms with Gasteiger partial charge in [-0.05, 0) is 51.0 Å². The van der Waals surface area contributed by atoms with Gasteiger partial charge in [0, 0.05) is 38.0 Å². The molecule has 2 aromatic heterocycles. The van der Waals surface area contributed by atoms with Gasteiger partial charge in [-0.3, -0.25) is 14.4 Å². The number of rotatable bonds is 10. The fourth-order valence-electron chi connectivity index (χ4n) is 4.52. The maximum absolute atomic E-state index is 13.0. The van der Waals surface area contributed by atoms with Crippen molar-refractivity contribution in [2.24, 2.45) is 13.0 Å². The van der Waals surface area contributed by atoms with Crippen LogP contribution >= 0.6 is 11.3 Å². The Kier molecular flexibility index (Phi) is 8.02. The number of hydrogen-bond donors (Lipinski definition) is 1. The number of thiazole rings is 1. The van der Waals surface area contributed by atoms with E-state index in [1.807, 2.05) is 0 Å². The van der Waals surface area contributed by atoms with Crippen LogP contribution in [0.5, 0.6) is 10.9 Å². The lowest BCUT2D eigenvalue weighted by atomic mass is 9.84. The first-order valence-electron chi connectivity index (χ1n) is 11.9. The Morgan fingerprint density at radius 3 is 2.79 bits per heavy atom. The monoisotopic (exact) mass is 497 g/mol. The predicted molar refractivity (Wildman–Crippen MR) is 124 cm³/mol. The number of halogens is 2. The highest BCUT2D eigenvalue weighted by Crippen LogP contribution is 2.32. The number of nitrogens with zero attached hydrogens (tertiary/aromatic N) is 4. The molecule has 0 spiro atoms. The number of aromatic nitrogens is 3. The second kappa shape index (κ2) is 11.0. The molecule has 0 aromatic carbocycles. The number of fused-ring (bicyclic) bond motifs is 1. The maximum atomic E-state index is 13.0. The zero-order chi connectivity index (χ0) is 24.1. The molecule has 0 unspecified atom stereocenters. The zero-order valence-corrected chi connectivity index (χ0v) is 20.6. The van der Waals surface area contributed by atoms with Crippen LogP contribution in [-0.4, -0.2) is 63.8 Å². The van der Waals surface area contributed by atoms with Crippen LogP contribution in [0.3, 0.4) is 0 Å². The average molecular weight is 498 g/mol. The molecule has 188 valence electrons. The summed E-state index contributed by atoms with van der Waals surface area (Å²) in [4.78, 5) is 20.2. The number of nitrogens with one attached hydrogen (secondary N) is 1. The molecule has 1 fully saturated rings. The fourth-order valence-corrected chi connectivity index (χ4v) is 5.43. The molecule has 1 N–H and O–H groups in total. The van der Waals surface area contributed by atoms with Crippen molar-refractivity contribution >= 4 is 17.2 Å². The molecule has 2 aliphatic rings. The minimum atomic E-state index is -2.85. The van der Waals surface area contributed by atoms with Gasteiger partial charge in [0.15, 0.2) is 19.0 Å². The van der Waals surface area contributed by atoms with Crippen LogP contribution in [-0.2, 0) is 24.8 Å². The highest BCUT2D eigenvalue weighted by atomic mass is 32.1. The van der Waals surface area contributed by atoms with E-state index in [9.17, 15) is 13.6 Å². The van der Waals surface area contributed by atoms with Gasteiger partial charge in [0.2, 0.25) is 0 Å². The number of amides is 1. The van der Waals surface area contributed by atoms with E-state index in [4.69, 9.17) is 9.47 Å². The van der Waals surface area contributed by atoms with Crippen molar-refractivity contribution < 1.29 is 23.0 Å². The lowest BCUT2D eigenvalue weighted by molar-refractivity contribution is -0.124. The zero-order valence-electron chi connectivity index (χ0n) is 19.8. The Hall–Kier alpha value is -2.27. The Morgan fingerprint density at radius 1 is 1.29 bits per heavy atom. The van der Waals surface area contributed by atoms with Gasteiger partial charge in [0.1, 0.15) is 0 Å². The molecule has 4 rings (SSSR count). The Morgan fingerprint density at radius 2 is 2.09 bits per heavy atom. The Labute approximate surface area is 202 Å². The molecule has 0 bridgehead atoms. The summed E-state index contributed by atoms with van der Waals surface area (Å²) in [5.74, 6) is -1.70. The van der Waals surface area contributed by atoms with Crippen LogP contribution in [0.25, 0.3) is 0 Å². The molecule has 11 heteroatoms. The molecule has 0 saturated heterocycles. The summed E-state index contributed by atoms with van der Waals surface area (Å²) >= 11 is 1.39. The average Bonchev–Trinajstić information content (AvgIpc) is 3.40. The molecule has 2 aromatic rings. The minimum Gasteiger partial charge on any atom is -0.480 e. The topological polar surface area (TPSA) is 81.5 Å². The first-order valence-corrected chi connectivity index (χ1v) is 12.7. The van der Waals surface area contributed by atoms with Crippen molar-refractivity contribution in [1.29, 1.82) is 0 Å². The highest BCUT2D eigenvalue weighted by molar-refractivity contribution is 7.13. The van der Waals surface area contributed by atoms with Crippen molar-refractivity contribution in [3.05, 3.63) is 23.0 Å². The van der Waals surface area contributed by atoms with Crippen molar-refractivity contribution in [2.45, 2.75) is 64.0 Å². The molecule has 34 heavy (non-hydrogen) atoms. The molecule has 1 amide bonds. The molecular weight excluding hydrogens is 464 g/mol. The smallest absolute Gasteiger partial charge is 0.278 e.